The van der Waals surface area contributed by atoms with Crippen molar-refractivity contribution in [2.75, 3.05) is 29.5 Å². The molecule has 15 heavy (non-hydrogen) atoms. The van der Waals surface area contributed by atoms with Gasteiger partial charge >= 0.3 is 0 Å². The Balaban J connectivity index is 2.14. The van der Waals surface area contributed by atoms with Crippen LogP contribution in [0.15, 0.2) is 18.3 Å². The molecule has 0 amide bonds. The van der Waals surface area contributed by atoms with E-state index < -0.39 is 9.84 Å². The Morgan fingerprint density at radius 3 is 2.60 bits per heavy atom. The number of hydrogen-bond donors (Lipinski definition) is 0. The standard InChI is InChI=1S/C10H14N2O2S/c1-9-2-3-11-10(8-9)12-4-6-15(13,14)7-5-12/h2-3,8H,4-7H2,1H3. The van der Waals surface area contributed by atoms with Crippen LogP contribution in [0.4, 0.5) is 5.82 Å². The van der Waals surface area contributed by atoms with Crippen molar-refractivity contribution in [1.29, 1.82) is 0 Å². The first-order valence-corrected chi connectivity index (χ1v) is 6.77. The second kappa shape index (κ2) is 3.81. The van der Waals surface area contributed by atoms with Gasteiger partial charge in [-0.1, -0.05) is 0 Å². The monoisotopic (exact) mass is 226 g/mol. The van der Waals surface area contributed by atoms with Gasteiger partial charge in [0.25, 0.3) is 0 Å². The minimum atomic E-state index is -2.80. The molecule has 1 saturated heterocycles. The molecular weight excluding hydrogens is 212 g/mol. The normalized spacial score (nSPS) is 20.2. The highest BCUT2D eigenvalue weighted by atomic mass is 32.2. The second-order valence-electron chi connectivity index (χ2n) is 3.83. The highest BCUT2D eigenvalue weighted by Gasteiger charge is 2.22. The summed E-state index contributed by atoms with van der Waals surface area (Å²) in [6, 6.07) is 3.92. The number of nitrogens with zero attached hydrogens (tertiary/aromatic N) is 2. The highest BCUT2D eigenvalue weighted by molar-refractivity contribution is 7.91. The fourth-order valence-corrected chi connectivity index (χ4v) is 2.84. The maximum atomic E-state index is 11.2. The maximum absolute atomic E-state index is 11.2. The Labute approximate surface area is 89.9 Å². The molecule has 1 aliphatic rings. The van der Waals surface area contributed by atoms with Crippen molar-refractivity contribution < 1.29 is 8.42 Å². The molecular formula is C10H14N2O2S. The Kier molecular flexibility index (Phi) is 2.65. The van der Waals surface area contributed by atoms with E-state index in [2.05, 4.69) is 4.98 Å². The number of hydrogen-bond acceptors (Lipinski definition) is 4. The molecule has 1 aliphatic heterocycles. The lowest BCUT2D eigenvalue weighted by atomic mass is 10.3. The van der Waals surface area contributed by atoms with Crippen LogP contribution in [0.25, 0.3) is 0 Å². The van der Waals surface area contributed by atoms with Crippen LogP contribution >= 0.6 is 0 Å². The van der Waals surface area contributed by atoms with Crippen LogP contribution in [0.1, 0.15) is 5.56 Å². The number of pyridine rings is 1. The topological polar surface area (TPSA) is 50.3 Å². The highest BCUT2D eigenvalue weighted by Crippen LogP contribution is 2.15. The van der Waals surface area contributed by atoms with E-state index in [0.717, 1.165) is 11.4 Å². The van der Waals surface area contributed by atoms with Crippen molar-refractivity contribution in [2.24, 2.45) is 0 Å². The fourth-order valence-electron chi connectivity index (χ4n) is 1.63. The van der Waals surface area contributed by atoms with Crippen molar-refractivity contribution in [1.82, 2.24) is 4.98 Å². The van der Waals surface area contributed by atoms with Crippen LogP contribution in [0, 0.1) is 6.92 Å². The third kappa shape index (κ3) is 2.47. The number of rotatable bonds is 1. The zero-order chi connectivity index (χ0) is 10.9. The summed E-state index contributed by atoms with van der Waals surface area (Å²) in [5.41, 5.74) is 1.15. The van der Waals surface area contributed by atoms with Crippen molar-refractivity contribution in [3.63, 3.8) is 0 Å². The van der Waals surface area contributed by atoms with E-state index >= 15 is 0 Å². The van der Waals surface area contributed by atoms with Crippen LogP contribution in [0.5, 0.6) is 0 Å². The van der Waals surface area contributed by atoms with Gasteiger partial charge in [0.1, 0.15) is 5.82 Å². The van der Waals surface area contributed by atoms with Crippen LogP contribution < -0.4 is 4.90 Å². The summed E-state index contributed by atoms with van der Waals surface area (Å²) < 4.78 is 22.5. The first-order valence-electron chi connectivity index (χ1n) is 4.95. The van der Waals surface area contributed by atoms with Gasteiger partial charge in [-0.2, -0.15) is 0 Å². The second-order valence-corrected chi connectivity index (χ2v) is 6.13. The molecule has 0 saturated carbocycles. The van der Waals surface area contributed by atoms with Crippen molar-refractivity contribution in [3.05, 3.63) is 23.9 Å². The zero-order valence-corrected chi connectivity index (χ0v) is 9.50. The predicted octanol–water partition coefficient (Wildman–Crippen LogP) is 0.625. The average Bonchev–Trinajstić information content (AvgIpc) is 2.17. The lowest BCUT2D eigenvalue weighted by molar-refractivity contribution is 0.586. The predicted molar refractivity (Wildman–Crippen MR) is 59.8 cm³/mol. The molecule has 0 bridgehead atoms. The lowest BCUT2D eigenvalue weighted by Gasteiger charge is -2.27. The molecule has 2 rings (SSSR count). The molecule has 5 heteroatoms. The van der Waals surface area contributed by atoms with Gasteiger partial charge in [0, 0.05) is 19.3 Å². The summed E-state index contributed by atoms with van der Waals surface area (Å²) in [5.74, 6) is 1.36. The van der Waals surface area contributed by atoms with Gasteiger partial charge in [0.15, 0.2) is 9.84 Å². The largest absolute Gasteiger partial charge is 0.355 e. The Morgan fingerprint density at radius 2 is 2.00 bits per heavy atom. The lowest BCUT2D eigenvalue weighted by Crippen LogP contribution is -2.40. The van der Waals surface area contributed by atoms with E-state index in [-0.39, 0.29) is 11.5 Å². The number of sulfone groups is 1. The van der Waals surface area contributed by atoms with E-state index in [0.29, 0.717) is 13.1 Å². The molecule has 0 unspecified atom stereocenters. The molecule has 0 radical (unpaired) electrons. The Morgan fingerprint density at radius 1 is 1.33 bits per heavy atom. The van der Waals surface area contributed by atoms with Crippen LogP contribution in [0.3, 0.4) is 0 Å². The summed E-state index contributed by atoms with van der Waals surface area (Å²) in [6.07, 6.45) is 1.76. The van der Waals surface area contributed by atoms with Crippen LogP contribution in [0.2, 0.25) is 0 Å². The first kappa shape index (κ1) is 10.4. The number of aryl methyl sites for hydroxylation is 1. The third-order valence-electron chi connectivity index (χ3n) is 2.57. The summed E-state index contributed by atoms with van der Waals surface area (Å²) >= 11 is 0. The molecule has 0 atom stereocenters. The van der Waals surface area contributed by atoms with E-state index in [1.165, 1.54) is 0 Å². The minimum absolute atomic E-state index is 0.239. The molecule has 4 nitrogen and oxygen atoms in total. The Bertz CT molecular complexity index is 442. The van der Waals surface area contributed by atoms with Crippen molar-refractivity contribution in [3.8, 4) is 0 Å². The smallest absolute Gasteiger partial charge is 0.153 e. The van der Waals surface area contributed by atoms with Crippen LogP contribution in [-0.4, -0.2) is 38.0 Å². The SMILES string of the molecule is Cc1ccnc(N2CCS(=O)(=O)CC2)c1. The Hall–Kier alpha value is -1.10. The quantitative estimate of drug-likeness (QED) is 0.704. The molecule has 0 aromatic carbocycles. The molecule has 0 N–H and O–H groups in total. The molecule has 1 fully saturated rings. The van der Waals surface area contributed by atoms with E-state index in [1.807, 2.05) is 24.0 Å². The first-order chi connectivity index (χ1) is 7.07. The molecule has 0 spiro atoms. The van der Waals surface area contributed by atoms with Gasteiger partial charge < -0.3 is 4.90 Å². The summed E-state index contributed by atoms with van der Waals surface area (Å²) in [4.78, 5) is 6.26. The summed E-state index contributed by atoms with van der Waals surface area (Å²) in [6.45, 7) is 3.11. The number of anilines is 1. The third-order valence-corrected chi connectivity index (χ3v) is 4.18. The average molecular weight is 226 g/mol. The number of aromatic nitrogens is 1. The van der Waals surface area contributed by atoms with Gasteiger partial charge in [0.2, 0.25) is 0 Å². The molecule has 1 aromatic heterocycles. The van der Waals surface area contributed by atoms with Gasteiger partial charge in [-0.05, 0) is 24.6 Å². The van der Waals surface area contributed by atoms with E-state index in [9.17, 15) is 8.42 Å². The van der Waals surface area contributed by atoms with Crippen LogP contribution in [-0.2, 0) is 9.84 Å². The zero-order valence-electron chi connectivity index (χ0n) is 8.68. The van der Waals surface area contributed by atoms with Gasteiger partial charge in [-0.15, -0.1) is 0 Å². The maximum Gasteiger partial charge on any atom is 0.153 e. The minimum Gasteiger partial charge on any atom is -0.355 e. The van der Waals surface area contributed by atoms with Gasteiger partial charge in [0.05, 0.1) is 11.5 Å². The van der Waals surface area contributed by atoms with E-state index in [1.54, 1.807) is 6.20 Å². The van der Waals surface area contributed by atoms with Crippen molar-refractivity contribution >= 4 is 15.7 Å². The molecule has 1 aromatic rings. The molecule has 0 aliphatic carbocycles. The van der Waals surface area contributed by atoms with Gasteiger partial charge in [-0.25, -0.2) is 13.4 Å². The van der Waals surface area contributed by atoms with E-state index in [4.69, 9.17) is 0 Å². The van der Waals surface area contributed by atoms with Gasteiger partial charge in [-0.3, -0.25) is 0 Å². The molecule has 82 valence electrons. The fraction of sp³-hybridized carbons (Fsp3) is 0.500. The summed E-state index contributed by atoms with van der Waals surface area (Å²) in [5, 5.41) is 0. The van der Waals surface area contributed by atoms with Crippen molar-refractivity contribution in [2.45, 2.75) is 6.92 Å². The summed E-state index contributed by atoms with van der Waals surface area (Å²) in [7, 11) is -2.80. The molecule has 2 heterocycles.